The van der Waals surface area contributed by atoms with Crippen molar-refractivity contribution in [3.8, 4) is 11.4 Å². The zero-order valence-electron chi connectivity index (χ0n) is 10.9. The molecule has 0 fully saturated rings. The van der Waals surface area contributed by atoms with Gasteiger partial charge in [-0.15, -0.1) is 10.2 Å². The van der Waals surface area contributed by atoms with Crippen molar-refractivity contribution < 1.29 is 0 Å². The van der Waals surface area contributed by atoms with Gasteiger partial charge in [0.25, 0.3) is 0 Å². The molecule has 0 saturated heterocycles. The molecule has 6 heteroatoms. The lowest BCUT2D eigenvalue weighted by atomic mass is 9.95. The Bertz CT molecular complexity index is 698. The number of hydrogen-bond acceptors (Lipinski definition) is 5. The summed E-state index contributed by atoms with van der Waals surface area (Å²) in [5, 5.41) is 14.0. The summed E-state index contributed by atoms with van der Waals surface area (Å²) in [6.45, 7) is 4.72. The minimum absolute atomic E-state index is 0.140. The minimum Gasteiger partial charge on any atom is -0.330 e. The molecule has 5 nitrogen and oxygen atoms in total. The van der Waals surface area contributed by atoms with Gasteiger partial charge in [-0.3, -0.25) is 0 Å². The summed E-state index contributed by atoms with van der Waals surface area (Å²) in [5.74, 6) is 0.769. The maximum absolute atomic E-state index is 5.80. The highest BCUT2D eigenvalue weighted by Crippen LogP contribution is 2.28. The molecule has 3 aromatic rings. The molecule has 2 aromatic heterocycles. The van der Waals surface area contributed by atoms with Crippen LogP contribution >= 0.6 is 11.3 Å². The molecule has 2 heterocycles. The van der Waals surface area contributed by atoms with E-state index in [-0.39, 0.29) is 5.41 Å². The number of benzene rings is 1. The number of rotatable bonds is 3. The molecular formula is C13H15N5S. The first-order valence-corrected chi connectivity index (χ1v) is 6.92. The van der Waals surface area contributed by atoms with Crippen LogP contribution in [0.15, 0.2) is 30.3 Å². The number of nitrogens with zero attached hydrogens (tertiary/aromatic N) is 4. The Morgan fingerprint density at radius 2 is 1.95 bits per heavy atom. The summed E-state index contributed by atoms with van der Waals surface area (Å²) in [6.07, 6.45) is 0. The van der Waals surface area contributed by atoms with Crippen molar-refractivity contribution in [2.75, 3.05) is 6.54 Å². The second-order valence-corrected chi connectivity index (χ2v) is 6.04. The second kappa shape index (κ2) is 4.40. The molecule has 19 heavy (non-hydrogen) atoms. The second-order valence-electron chi connectivity index (χ2n) is 5.08. The molecule has 0 amide bonds. The molecule has 3 rings (SSSR count). The Morgan fingerprint density at radius 3 is 2.63 bits per heavy atom. The van der Waals surface area contributed by atoms with Crippen LogP contribution in [0, 0.1) is 0 Å². The lowest BCUT2D eigenvalue weighted by Gasteiger charge is -2.17. The van der Waals surface area contributed by atoms with Gasteiger partial charge in [0.15, 0.2) is 5.82 Å². The van der Waals surface area contributed by atoms with Crippen molar-refractivity contribution in [2.45, 2.75) is 19.3 Å². The van der Waals surface area contributed by atoms with E-state index in [2.05, 4.69) is 29.1 Å². The average Bonchev–Trinajstić information content (AvgIpc) is 2.99. The number of nitrogens with two attached hydrogens (primary N) is 1. The Labute approximate surface area is 115 Å². The van der Waals surface area contributed by atoms with E-state index in [1.165, 1.54) is 0 Å². The molecular weight excluding hydrogens is 258 g/mol. The zero-order chi connectivity index (χ0) is 13.5. The van der Waals surface area contributed by atoms with Crippen LogP contribution < -0.4 is 5.73 Å². The molecule has 0 spiro atoms. The third-order valence-electron chi connectivity index (χ3n) is 3.11. The Kier molecular flexibility index (Phi) is 2.83. The van der Waals surface area contributed by atoms with Gasteiger partial charge in [-0.1, -0.05) is 55.5 Å². The van der Waals surface area contributed by atoms with Crippen LogP contribution in [0.2, 0.25) is 0 Å². The van der Waals surface area contributed by atoms with E-state index in [1.54, 1.807) is 15.9 Å². The molecule has 0 saturated carbocycles. The van der Waals surface area contributed by atoms with Gasteiger partial charge in [0.2, 0.25) is 4.96 Å². The molecule has 0 atom stereocenters. The third kappa shape index (κ3) is 2.02. The number of hydrogen-bond donors (Lipinski definition) is 1. The van der Waals surface area contributed by atoms with Crippen molar-refractivity contribution in [1.29, 1.82) is 0 Å². The summed E-state index contributed by atoms with van der Waals surface area (Å²) < 4.78 is 1.80. The normalized spacial score (nSPS) is 12.2. The Hall–Kier alpha value is -1.79. The maximum atomic E-state index is 5.80. The van der Waals surface area contributed by atoms with E-state index in [9.17, 15) is 0 Å². The monoisotopic (exact) mass is 273 g/mol. The summed E-state index contributed by atoms with van der Waals surface area (Å²) in [6, 6.07) is 9.94. The van der Waals surface area contributed by atoms with Gasteiger partial charge in [0, 0.05) is 17.5 Å². The summed E-state index contributed by atoms with van der Waals surface area (Å²) in [5.41, 5.74) is 6.67. The van der Waals surface area contributed by atoms with Crippen LogP contribution in [0.5, 0.6) is 0 Å². The zero-order valence-corrected chi connectivity index (χ0v) is 11.7. The molecule has 2 N–H and O–H groups in total. The standard InChI is InChI=1S/C13H15N5S/c1-13(2,8-14)11-17-18-10(15-16-12(18)19-11)9-6-4-3-5-7-9/h3-7H,8,14H2,1-2H3. The fraction of sp³-hybridized carbons (Fsp3) is 0.308. The Morgan fingerprint density at radius 1 is 1.21 bits per heavy atom. The van der Waals surface area contributed by atoms with Gasteiger partial charge in [-0.25, -0.2) is 0 Å². The van der Waals surface area contributed by atoms with Gasteiger partial charge in [-0.2, -0.15) is 9.61 Å². The van der Waals surface area contributed by atoms with E-state index in [0.29, 0.717) is 6.54 Å². The van der Waals surface area contributed by atoms with Gasteiger partial charge in [0.05, 0.1) is 0 Å². The molecule has 0 bridgehead atoms. The van der Waals surface area contributed by atoms with Gasteiger partial charge < -0.3 is 5.73 Å². The van der Waals surface area contributed by atoms with Crippen LogP contribution in [0.1, 0.15) is 18.9 Å². The Balaban J connectivity index is 2.14. The molecule has 0 aliphatic rings. The van der Waals surface area contributed by atoms with E-state index < -0.39 is 0 Å². The predicted molar refractivity (Wildman–Crippen MR) is 76.2 cm³/mol. The first kappa shape index (κ1) is 12.3. The van der Waals surface area contributed by atoms with Crippen LogP contribution in [-0.2, 0) is 5.41 Å². The topological polar surface area (TPSA) is 69.1 Å². The molecule has 98 valence electrons. The lowest BCUT2D eigenvalue weighted by molar-refractivity contribution is 0.527. The average molecular weight is 273 g/mol. The highest BCUT2D eigenvalue weighted by Gasteiger charge is 2.25. The van der Waals surface area contributed by atoms with Crippen LogP contribution in [0.3, 0.4) is 0 Å². The van der Waals surface area contributed by atoms with Crippen molar-refractivity contribution in [3.63, 3.8) is 0 Å². The minimum atomic E-state index is -0.140. The smallest absolute Gasteiger partial charge is 0.234 e. The predicted octanol–water partition coefficient (Wildman–Crippen LogP) is 2.09. The van der Waals surface area contributed by atoms with Gasteiger partial charge in [0.1, 0.15) is 5.01 Å². The van der Waals surface area contributed by atoms with Gasteiger partial charge >= 0.3 is 0 Å². The third-order valence-corrected chi connectivity index (χ3v) is 4.38. The SMILES string of the molecule is CC(C)(CN)c1nn2c(-c3ccccc3)nnc2s1. The van der Waals surface area contributed by atoms with Crippen LogP contribution in [0.4, 0.5) is 0 Å². The molecule has 0 aliphatic carbocycles. The van der Waals surface area contributed by atoms with E-state index in [1.807, 2.05) is 30.3 Å². The highest BCUT2D eigenvalue weighted by atomic mass is 32.1. The first-order valence-electron chi connectivity index (χ1n) is 6.10. The molecule has 1 aromatic carbocycles. The molecule has 0 unspecified atom stereocenters. The van der Waals surface area contributed by atoms with Gasteiger partial charge in [-0.05, 0) is 0 Å². The maximum Gasteiger partial charge on any atom is 0.234 e. The lowest BCUT2D eigenvalue weighted by Crippen LogP contribution is -2.28. The van der Waals surface area contributed by atoms with Crippen LogP contribution in [-0.4, -0.2) is 26.4 Å². The quantitative estimate of drug-likeness (QED) is 0.793. The number of aromatic nitrogens is 4. The van der Waals surface area contributed by atoms with Crippen molar-refractivity contribution in [1.82, 2.24) is 19.8 Å². The highest BCUT2D eigenvalue weighted by molar-refractivity contribution is 7.16. The van der Waals surface area contributed by atoms with Crippen molar-refractivity contribution >= 4 is 16.3 Å². The number of fused-ring (bicyclic) bond motifs is 1. The van der Waals surface area contributed by atoms with E-state index in [4.69, 9.17) is 5.73 Å². The summed E-state index contributed by atoms with van der Waals surface area (Å²) in [4.78, 5) is 0.801. The van der Waals surface area contributed by atoms with Crippen LogP contribution in [0.25, 0.3) is 16.3 Å². The van der Waals surface area contributed by atoms with Crippen molar-refractivity contribution in [3.05, 3.63) is 35.3 Å². The van der Waals surface area contributed by atoms with Crippen molar-refractivity contribution in [2.24, 2.45) is 5.73 Å². The van der Waals surface area contributed by atoms with E-state index in [0.717, 1.165) is 21.4 Å². The largest absolute Gasteiger partial charge is 0.330 e. The fourth-order valence-electron chi connectivity index (χ4n) is 1.74. The molecule has 0 radical (unpaired) electrons. The van der Waals surface area contributed by atoms with E-state index >= 15 is 0 Å². The molecule has 0 aliphatic heterocycles. The first-order chi connectivity index (χ1) is 9.12. The summed E-state index contributed by atoms with van der Waals surface area (Å²) >= 11 is 1.54. The summed E-state index contributed by atoms with van der Waals surface area (Å²) in [7, 11) is 0. The fourth-order valence-corrected chi connectivity index (χ4v) is 2.70.